The Morgan fingerprint density at radius 3 is 2.57 bits per heavy atom. The Morgan fingerprint density at radius 1 is 1.10 bits per heavy atom. The third-order valence-corrected chi connectivity index (χ3v) is 4.75. The highest BCUT2D eigenvalue weighted by Gasteiger charge is 2.09. The van der Waals surface area contributed by atoms with Crippen molar-refractivity contribution in [3.05, 3.63) is 58.1 Å². The van der Waals surface area contributed by atoms with Crippen molar-refractivity contribution in [2.75, 3.05) is 20.3 Å². The summed E-state index contributed by atoms with van der Waals surface area (Å²) in [6, 6.07) is 13.7. The van der Waals surface area contributed by atoms with Crippen LogP contribution in [0.2, 0.25) is 10.0 Å². The minimum absolute atomic E-state index is 0.695. The summed E-state index contributed by atoms with van der Waals surface area (Å²) in [4.78, 5) is 2.19. The lowest BCUT2D eigenvalue weighted by molar-refractivity contribution is 0.199. The first-order chi connectivity index (χ1) is 10.2. The molecule has 2 nitrogen and oxygen atoms in total. The van der Waals surface area contributed by atoms with Crippen LogP contribution in [0.15, 0.2) is 52.3 Å². The van der Waals surface area contributed by atoms with Crippen LogP contribution in [-0.2, 0) is 11.3 Å². The van der Waals surface area contributed by atoms with E-state index in [4.69, 9.17) is 27.9 Å². The zero-order chi connectivity index (χ0) is 15.1. The van der Waals surface area contributed by atoms with Crippen LogP contribution in [0.4, 0.5) is 0 Å². The van der Waals surface area contributed by atoms with Crippen LogP contribution in [-0.4, -0.2) is 20.3 Å². The van der Waals surface area contributed by atoms with Crippen molar-refractivity contribution in [3.8, 4) is 0 Å². The second-order valence-electron chi connectivity index (χ2n) is 4.45. The molecule has 0 saturated carbocycles. The smallest absolute Gasteiger partial charge is 0.0587 e. The lowest BCUT2D eigenvalue weighted by Crippen LogP contribution is -2.18. The van der Waals surface area contributed by atoms with Crippen molar-refractivity contribution in [1.82, 2.24) is 5.32 Å². The molecule has 0 aliphatic heterocycles. The molecular formula is C16H17Cl2NOS. The molecule has 21 heavy (non-hydrogen) atoms. The van der Waals surface area contributed by atoms with Crippen molar-refractivity contribution in [2.24, 2.45) is 0 Å². The fraction of sp³-hybridized carbons (Fsp3) is 0.250. The number of methoxy groups -OCH3 is 1. The van der Waals surface area contributed by atoms with E-state index in [-0.39, 0.29) is 0 Å². The Morgan fingerprint density at radius 2 is 1.86 bits per heavy atom. The Bertz CT molecular complexity index is 575. The van der Waals surface area contributed by atoms with Gasteiger partial charge in [-0.1, -0.05) is 47.1 Å². The average molecular weight is 342 g/mol. The quantitative estimate of drug-likeness (QED) is 0.725. The summed E-state index contributed by atoms with van der Waals surface area (Å²) in [6.45, 7) is 2.27. The SMILES string of the molecule is COCCNCc1cccc(Cl)c1Sc1ccc(Cl)cc1. The molecule has 0 aromatic heterocycles. The Balaban J connectivity index is 2.11. The molecule has 2 aromatic rings. The normalized spacial score (nSPS) is 10.8. The van der Waals surface area contributed by atoms with E-state index in [0.717, 1.165) is 32.9 Å². The Kier molecular flexibility index (Phi) is 6.87. The Hall–Kier alpha value is -0.710. The van der Waals surface area contributed by atoms with Gasteiger partial charge in [-0.25, -0.2) is 0 Å². The summed E-state index contributed by atoms with van der Waals surface area (Å²) in [5, 5.41) is 4.85. The first-order valence-electron chi connectivity index (χ1n) is 6.61. The summed E-state index contributed by atoms with van der Waals surface area (Å²) in [6.07, 6.45) is 0. The molecule has 112 valence electrons. The zero-order valence-electron chi connectivity index (χ0n) is 11.7. The number of rotatable bonds is 7. The van der Waals surface area contributed by atoms with Gasteiger partial charge in [0.1, 0.15) is 0 Å². The lowest BCUT2D eigenvalue weighted by Gasteiger charge is -2.12. The predicted molar refractivity (Wildman–Crippen MR) is 90.6 cm³/mol. The van der Waals surface area contributed by atoms with Gasteiger partial charge in [0, 0.05) is 35.0 Å². The van der Waals surface area contributed by atoms with Gasteiger partial charge >= 0.3 is 0 Å². The second-order valence-corrected chi connectivity index (χ2v) is 6.38. The van der Waals surface area contributed by atoms with Gasteiger partial charge in [-0.15, -0.1) is 0 Å². The molecule has 0 atom stereocenters. The number of hydrogen-bond donors (Lipinski definition) is 1. The fourth-order valence-electron chi connectivity index (χ4n) is 1.82. The molecular weight excluding hydrogens is 325 g/mol. The third kappa shape index (κ3) is 5.20. The zero-order valence-corrected chi connectivity index (χ0v) is 14.1. The van der Waals surface area contributed by atoms with Gasteiger partial charge in [-0.05, 0) is 35.9 Å². The van der Waals surface area contributed by atoms with Gasteiger partial charge in [-0.3, -0.25) is 0 Å². The van der Waals surface area contributed by atoms with Crippen molar-refractivity contribution in [2.45, 2.75) is 16.3 Å². The number of hydrogen-bond acceptors (Lipinski definition) is 3. The van der Waals surface area contributed by atoms with Crippen molar-refractivity contribution in [3.63, 3.8) is 0 Å². The highest BCUT2D eigenvalue weighted by atomic mass is 35.5. The molecule has 0 aliphatic rings. The average Bonchev–Trinajstić information content (AvgIpc) is 2.49. The van der Waals surface area contributed by atoms with E-state index >= 15 is 0 Å². The molecule has 0 aliphatic carbocycles. The topological polar surface area (TPSA) is 21.3 Å². The maximum Gasteiger partial charge on any atom is 0.0587 e. The molecule has 2 rings (SSSR count). The van der Waals surface area contributed by atoms with E-state index in [1.165, 1.54) is 5.56 Å². The first-order valence-corrected chi connectivity index (χ1v) is 8.18. The van der Waals surface area contributed by atoms with Crippen LogP contribution >= 0.6 is 35.0 Å². The molecule has 0 fully saturated rings. The number of benzene rings is 2. The monoisotopic (exact) mass is 341 g/mol. The van der Waals surface area contributed by atoms with Gasteiger partial charge < -0.3 is 10.1 Å². The van der Waals surface area contributed by atoms with Crippen molar-refractivity contribution >= 4 is 35.0 Å². The van der Waals surface area contributed by atoms with Gasteiger partial charge in [0.05, 0.1) is 11.6 Å². The lowest BCUT2D eigenvalue weighted by atomic mass is 10.2. The van der Waals surface area contributed by atoms with Crippen molar-refractivity contribution in [1.29, 1.82) is 0 Å². The summed E-state index contributed by atoms with van der Waals surface area (Å²) < 4.78 is 5.03. The maximum absolute atomic E-state index is 6.35. The maximum atomic E-state index is 6.35. The molecule has 5 heteroatoms. The Labute approximate surface area is 139 Å². The van der Waals surface area contributed by atoms with Gasteiger partial charge in [0.25, 0.3) is 0 Å². The molecule has 0 bridgehead atoms. The van der Waals surface area contributed by atoms with E-state index < -0.39 is 0 Å². The van der Waals surface area contributed by atoms with Crippen LogP contribution in [0.5, 0.6) is 0 Å². The largest absolute Gasteiger partial charge is 0.383 e. The molecule has 0 saturated heterocycles. The van der Waals surface area contributed by atoms with Crippen LogP contribution in [0.1, 0.15) is 5.56 Å². The van der Waals surface area contributed by atoms with Gasteiger partial charge in [0.2, 0.25) is 0 Å². The summed E-state index contributed by atoms with van der Waals surface area (Å²) in [5.74, 6) is 0. The molecule has 0 spiro atoms. The molecule has 1 N–H and O–H groups in total. The van der Waals surface area contributed by atoms with E-state index in [1.54, 1.807) is 18.9 Å². The minimum atomic E-state index is 0.695. The summed E-state index contributed by atoms with van der Waals surface area (Å²) >= 11 is 13.9. The standard InChI is InChI=1S/C16H17Cl2NOS/c1-20-10-9-19-11-12-3-2-4-15(18)16(12)21-14-7-5-13(17)6-8-14/h2-8,19H,9-11H2,1H3. The number of ether oxygens (including phenoxy) is 1. The van der Waals surface area contributed by atoms with Crippen LogP contribution in [0, 0.1) is 0 Å². The van der Waals surface area contributed by atoms with Crippen LogP contribution < -0.4 is 5.32 Å². The summed E-state index contributed by atoms with van der Waals surface area (Å²) in [5.41, 5.74) is 1.18. The van der Waals surface area contributed by atoms with Crippen molar-refractivity contribution < 1.29 is 4.74 Å². The molecule has 0 unspecified atom stereocenters. The van der Waals surface area contributed by atoms with Crippen LogP contribution in [0.3, 0.4) is 0 Å². The second kappa shape index (κ2) is 8.66. The van der Waals surface area contributed by atoms with E-state index in [9.17, 15) is 0 Å². The van der Waals surface area contributed by atoms with Gasteiger partial charge in [0.15, 0.2) is 0 Å². The molecule has 0 radical (unpaired) electrons. The highest BCUT2D eigenvalue weighted by Crippen LogP contribution is 2.36. The van der Waals surface area contributed by atoms with E-state index in [2.05, 4.69) is 11.4 Å². The highest BCUT2D eigenvalue weighted by molar-refractivity contribution is 7.99. The predicted octanol–water partition coefficient (Wildman–Crippen LogP) is 4.88. The summed E-state index contributed by atoms with van der Waals surface area (Å²) in [7, 11) is 1.70. The fourth-order valence-corrected chi connectivity index (χ4v) is 3.21. The number of nitrogens with one attached hydrogen (secondary N) is 1. The minimum Gasteiger partial charge on any atom is -0.383 e. The van der Waals surface area contributed by atoms with Gasteiger partial charge in [-0.2, -0.15) is 0 Å². The van der Waals surface area contributed by atoms with E-state index in [1.807, 2.05) is 36.4 Å². The van der Waals surface area contributed by atoms with Crippen LogP contribution in [0.25, 0.3) is 0 Å². The molecule has 0 heterocycles. The van der Waals surface area contributed by atoms with E-state index in [0.29, 0.717) is 6.61 Å². The first kappa shape index (κ1) is 16.7. The third-order valence-electron chi connectivity index (χ3n) is 2.88. The molecule has 2 aromatic carbocycles. The number of halogens is 2. The molecule has 0 amide bonds.